The lowest BCUT2D eigenvalue weighted by Crippen LogP contribution is -2.48. The molecule has 3 aliphatic rings. The Labute approximate surface area is 289 Å². The maximum atomic E-state index is 2.80. The van der Waals surface area contributed by atoms with Crippen molar-refractivity contribution in [1.82, 2.24) is 0 Å². The topological polar surface area (TPSA) is 0 Å². The predicted octanol–water partition coefficient (Wildman–Crippen LogP) is 13.4. The van der Waals surface area contributed by atoms with Gasteiger partial charge in [0.2, 0.25) is 0 Å². The molecule has 0 amide bonds. The molecular weight excluding hydrogens is 581 g/mol. The minimum atomic E-state index is -1.79. The Bertz CT molecular complexity index is 1600. The maximum Gasteiger partial charge on any atom is 0.0630 e. The second kappa shape index (κ2) is 12.5. The van der Waals surface area contributed by atoms with E-state index in [1.807, 2.05) is 11.1 Å². The first-order valence-corrected chi connectivity index (χ1v) is 22.2. The Morgan fingerprint density at radius 3 is 1.91 bits per heavy atom. The van der Waals surface area contributed by atoms with Crippen LogP contribution in [0, 0.1) is 23.7 Å². The van der Waals surface area contributed by atoms with Crippen molar-refractivity contribution in [3.05, 3.63) is 106 Å². The van der Waals surface area contributed by atoms with Crippen molar-refractivity contribution in [1.29, 1.82) is 0 Å². The van der Waals surface area contributed by atoms with Crippen LogP contribution in [0.1, 0.15) is 134 Å². The van der Waals surface area contributed by atoms with Gasteiger partial charge in [-0.25, -0.2) is 0 Å². The Balaban J connectivity index is 1.36. The lowest BCUT2D eigenvalue weighted by atomic mass is 9.64. The van der Waals surface area contributed by atoms with Crippen LogP contribution in [0.25, 0.3) is 11.1 Å². The van der Waals surface area contributed by atoms with Crippen molar-refractivity contribution in [3.8, 4) is 11.1 Å². The largest absolute Gasteiger partial charge is 0.0731 e. The highest BCUT2D eigenvalue weighted by atomic mass is 28.3. The molecule has 6 rings (SSSR count). The van der Waals surface area contributed by atoms with Gasteiger partial charge in [0.15, 0.2) is 0 Å². The fraction of sp³-hybridized carbons (Fsp3) is 0.565. The van der Waals surface area contributed by atoms with Crippen LogP contribution in [-0.4, -0.2) is 8.07 Å². The minimum Gasteiger partial charge on any atom is -0.0731 e. The van der Waals surface area contributed by atoms with E-state index in [0.29, 0.717) is 17.4 Å². The van der Waals surface area contributed by atoms with E-state index < -0.39 is 8.07 Å². The number of fused-ring (bicyclic) bond motifs is 2. The summed E-state index contributed by atoms with van der Waals surface area (Å²) in [5.74, 6) is 3.55. The molecule has 0 spiro atoms. The van der Waals surface area contributed by atoms with Gasteiger partial charge in [-0.1, -0.05) is 153 Å². The van der Waals surface area contributed by atoms with Crippen molar-refractivity contribution >= 4 is 8.07 Å². The molecule has 0 bridgehead atoms. The van der Waals surface area contributed by atoms with Gasteiger partial charge in [-0.3, -0.25) is 0 Å². The molecule has 47 heavy (non-hydrogen) atoms. The molecule has 3 aromatic rings. The summed E-state index contributed by atoms with van der Waals surface area (Å²) in [4.78, 5) is 0. The molecule has 0 aliphatic heterocycles. The smallest absolute Gasteiger partial charge is 0.0630 e. The zero-order chi connectivity index (χ0) is 34.1. The average Bonchev–Trinajstić information content (AvgIpc) is 3.42. The van der Waals surface area contributed by atoms with Crippen LogP contribution in [0.4, 0.5) is 0 Å². The van der Waals surface area contributed by atoms with Gasteiger partial charge in [-0.05, 0) is 129 Å². The second-order valence-electron chi connectivity index (χ2n) is 19.0. The number of hydrogen-bond acceptors (Lipinski definition) is 0. The summed E-state index contributed by atoms with van der Waals surface area (Å²) in [6.45, 7) is 29.8. The van der Waals surface area contributed by atoms with Crippen LogP contribution in [-0.2, 0) is 17.3 Å². The molecule has 3 aliphatic carbocycles. The summed E-state index contributed by atoms with van der Waals surface area (Å²) in [5.41, 5.74) is 16.2. The average molecular weight is 645 g/mol. The Kier molecular flexibility index (Phi) is 9.17. The number of hydrogen-bond donors (Lipinski definition) is 0. The molecule has 0 radical (unpaired) electrons. The molecule has 1 saturated carbocycles. The van der Waals surface area contributed by atoms with Crippen molar-refractivity contribution in [2.24, 2.45) is 23.7 Å². The first-order valence-electron chi connectivity index (χ1n) is 19.0. The zero-order valence-corrected chi connectivity index (χ0v) is 32.9. The van der Waals surface area contributed by atoms with Gasteiger partial charge in [0.05, 0.1) is 8.07 Å². The molecule has 6 unspecified atom stereocenters. The van der Waals surface area contributed by atoms with E-state index in [0.717, 1.165) is 23.3 Å². The summed E-state index contributed by atoms with van der Waals surface area (Å²) >= 11 is 0. The molecule has 1 fully saturated rings. The third-order valence-electron chi connectivity index (χ3n) is 13.2. The van der Waals surface area contributed by atoms with Gasteiger partial charge < -0.3 is 0 Å². The highest BCUT2D eigenvalue weighted by molar-refractivity contribution is 6.81. The standard InChI is InChI=1S/C46H64Si/c1-29(2)40-28-42-38(33-21-25-35(26-22-33)46(8,9)10)17-14-18-39(42)44(40)47(11,12)43-30(3)27-41-36(31(43)4)15-13-16-37(41)32-19-23-34(24-20-32)45(5,6)7/h14,17-26,29-30,37,40-41,43-44H,13,15-16,27-28H2,1-12H3. The monoisotopic (exact) mass is 644 g/mol. The van der Waals surface area contributed by atoms with Crippen LogP contribution >= 0.6 is 0 Å². The van der Waals surface area contributed by atoms with E-state index in [4.69, 9.17) is 0 Å². The SMILES string of the molecule is CC1=C2CCCC(c3ccc(C(C)(C)C)cc3)C2CC(C)C1[Si](C)(C)C1c2cccc(-c3ccc(C(C)(C)C)cc3)c2CC1C(C)C. The van der Waals surface area contributed by atoms with Gasteiger partial charge in [-0.2, -0.15) is 0 Å². The highest BCUT2D eigenvalue weighted by Gasteiger charge is 2.53. The molecule has 6 atom stereocenters. The molecule has 1 heteroatoms. The van der Waals surface area contributed by atoms with Crippen LogP contribution in [0.5, 0.6) is 0 Å². The van der Waals surface area contributed by atoms with Crippen molar-refractivity contribution in [3.63, 3.8) is 0 Å². The highest BCUT2D eigenvalue weighted by Crippen LogP contribution is 2.60. The van der Waals surface area contributed by atoms with Crippen LogP contribution < -0.4 is 0 Å². The fourth-order valence-corrected chi connectivity index (χ4v) is 16.9. The van der Waals surface area contributed by atoms with Gasteiger partial charge in [0.25, 0.3) is 0 Å². The first-order chi connectivity index (χ1) is 22.0. The molecular formula is C46H64Si. The van der Waals surface area contributed by atoms with E-state index in [-0.39, 0.29) is 10.8 Å². The van der Waals surface area contributed by atoms with E-state index in [1.165, 1.54) is 54.4 Å². The summed E-state index contributed by atoms with van der Waals surface area (Å²) in [6, 6.07) is 26.7. The third-order valence-corrected chi connectivity index (χ3v) is 18.2. The molecule has 0 heterocycles. The first kappa shape index (κ1) is 34.5. The lowest BCUT2D eigenvalue weighted by molar-refractivity contribution is 0.290. The van der Waals surface area contributed by atoms with E-state index in [9.17, 15) is 0 Å². The maximum absolute atomic E-state index is 2.80. The van der Waals surface area contributed by atoms with E-state index in [2.05, 4.69) is 149 Å². The molecule has 0 saturated heterocycles. The van der Waals surface area contributed by atoms with Crippen molar-refractivity contribution < 1.29 is 0 Å². The number of rotatable bonds is 5. The minimum absolute atomic E-state index is 0.178. The van der Waals surface area contributed by atoms with Gasteiger partial charge in [0, 0.05) is 0 Å². The van der Waals surface area contributed by atoms with Crippen LogP contribution in [0.2, 0.25) is 18.6 Å². The van der Waals surface area contributed by atoms with Crippen molar-refractivity contribution in [2.75, 3.05) is 0 Å². The third kappa shape index (κ3) is 6.29. The van der Waals surface area contributed by atoms with Crippen LogP contribution in [0.3, 0.4) is 0 Å². The van der Waals surface area contributed by atoms with E-state index >= 15 is 0 Å². The fourth-order valence-electron chi connectivity index (χ4n) is 10.9. The van der Waals surface area contributed by atoms with Crippen molar-refractivity contribution in [2.45, 2.75) is 142 Å². The van der Waals surface area contributed by atoms with Crippen LogP contribution in [0.15, 0.2) is 77.9 Å². The molecule has 0 nitrogen and oxygen atoms in total. The lowest BCUT2D eigenvalue weighted by Gasteiger charge is -2.51. The summed E-state index contributed by atoms with van der Waals surface area (Å²) in [5, 5.41) is 0. The predicted molar refractivity (Wildman–Crippen MR) is 208 cm³/mol. The molecule has 3 aromatic carbocycles. The zero-order valence-electron chi connectivity index (χ0n) is 31.9. The van der Waals surface area contributed by atoms with Gasteiger partial charge in [-0.15, -0.1) is 0 Å². The molecule has 0 N–H and O–H groups in total. The molecule has 252 valence electrons. The second-order valence-corrected chi connectivity index (χ2v) is 23.9. The number of allylic oxidation sites excluding steroid dienone is 2. The Hall–Kier alpha value is -2.38. The Morgan fingerprint density at radius 2 is 1.34 bits per heavy atom. The van der Waals surface area contributed by atoms with Gasteiger partial charge in [0.1, 0.15) is 0 Å². The molecule has 0 aromatic heterocycles. The van der Waals surface area contributed by atoms with Gasteiger partial charge >= 0.3 is 0 Å². The Morgan fingerprint density at radius 1 is 0.745 bits per heavy atom. The summed E-state index contributed by atoms with van der Waals surface area (Å²) < 4.78 is 0. The normalized spacial score (nSPS) is 26.8. The summed E-state index contributed by atoms with van der Waals surface area (Å²) in [6.07, 6.45) is 6.61. The number of benzene rings is 3. The summed E-state index contributed by atoms with van der Waals surface area (Å²) in [7, 11) is -1.79. The quantitative estimate of drug-likeness (QED) is 0.191. The van der Waals surface area contributed by atoms with E-state index in [1.54, 1.807) is 16.7 Å².